The molecule has 1 heterocycles. The predicted octanol–water partition coefficient (Wildman–Crippen LogP) is -1.35. The first-order valence-corrected chi connectivity index (χ1v) is 4.06. The van der Waals surface area contributed by atoms with Crippen LogP contribution in [0, 0.1) is 0 Å². The Morgan fingerprint density at radius 3 is 2.71 bits per heavy atom. The van der Waals surface area contributed by atoms with E-state index in [1.165, 1.54) is 7.11 Å². The standard InChI is InChI=1S/C7H11N3O4/c1-14-7(13)10-9-6(12)4-2-3-5(11)8-4/h4H,2-3H2,1H3,(H,8,11)(H,9,12)(H,10,13). The maximum absolute atomic E-state index is 11.2. The van der Waals surface area contributed by atoms with E-state index in [0.29, 0.717) is 12.8 Å². The van der Waals surface area contributed by atoms with Crippen LogP contribution in [0.5, 0.6) is 0 Å². The van der Waals surface area contributed by atoms with Crippen molar-refractivity contribution >= 4 is 17.9 Å². The monoisotopic (exact) mass is 201 g/mol. The first-order chi connectivity index (χ1) is 6.63. The molecule has 1 atom stereocenters. The van der Waals surface area contributed by atoms with Crippen molar-refractivity contribution in [2.24, 2.45) is 0 Å². The van der Waals surface area contributed by atoms with Crippen molar-refractivity contribution in [2.75, 3.05) is 7.11 Å². The molecule has 1 rings (SSSR count). The summed E-state index contributed by atoms with van der Waals surface area (Å²) in [6.07, 6.45) is 0.00628. The fraction of sp³-hybridized carbons (Fsp3) is 0.571. The third-order valence-corrected chi connectivity index (χ3v) is 1.78. The Bertz CT molecular complexity index is 266. The molecule has 1 unspecified atom stereocenters. The Balaban J connectivity index is 2.28. The van der Waals surface area contributed by atoms with Gasteiger partial charge in [0.2, 0.25) is 5.91 Å². The van der Waals surface area contributed by atoms with Crippen molar-refractivity contribution in [2.45, 2.75) is 18.9 Å². The highest BCUT2D eigenvalue weighted by Crippen LogP contribution is 2.05. The Hall–Kier alpha value is -1.79. The zero-order valence-corrected chi connectivity index (χ0v) is 7.62. The molecule has 3 N–H and O–H groups in total. The molecule has 0 aromatic rings. The van der Waals surface area contributed by atoms with E-state index in [9.17, 15) is 14.4 Å². The van der Waals surface area contributed by atoms with Crippen molar-refractivity contribution in [3.05, 3.63) is 0 Å². The van der Waals surface area contributed by atoms with Gasteiger partial charge in [0, 0.05) is 6.42 Å². The van der Waals surface area contributed by atoms with E-state index in [1.54, 1.807) is 0 Å². The number of hydrazine groups is 1. The van der Waals surface area contributed by atoms with E-state index < -0.39 is 18.0 Å². The number of carbonyl (C=O) groups is 3. The average molecular weight is 201 g/mol. The molecule has 1 aliphatic heterocycles. The molecule has 0 saturated carbocycles. The van der Waals surface area contributed by atoms with Gasteiger partial charge in [-0.25, -0.2) is 10.2 Å². The minimum atomic E-state index is -0.761. The quantitative estimate of drug-likeness (QED) is 0.457. The number of rotatable bonds is 1. The van der Waals surface area contributed by atoms with Crippen LogP contribution in [0.1, 0.15) is 12.8 Å². The van der Waals surface area contributed by atoms with Crippen molar-refractivity contribution in [3.8, 4) is 0 Å². The molecule has 0 aromatic heterocycles. The molecule has 0 aromatic carbocycles. The van der Waals surface area contributed by atoms with Gasteiger partial charge in [-0.2, -0.15) is 0 Å². The van der Waals surface area contributed by atoms with Crippen LogP contribution in [-0.2, 0) is 14.3 Å². The van der Waals surface area contributed by atoms with Gasteiger partial charge in [0.15, 0.2) is 0 Å². The minimum absolute atomic E-state index is 0.164. The van der Waals surface area contributed by atoms with Gasteiger partial charge in [-0.05, 0) is 6.42 Å². The van der Waals surface area contributed by atoms with E-state index in [0.717, 1.165) is 0 Å². The number of methoxy groups -OCH3 is 1. The number of carbonyl (C=O) groups excluding carboxylic acids is 3. The van der Waals surface area contributed by atoms with Crippen LogP contribution in [0.4, 0.5) is 4.79 Å². The van der Waals surface area contributed by atoms with E-state index in [-0.39, 0.29) is 5.91 Å². The number of hydrogen-bond acceptors (Lipinski definition) is 4. The van der Waals surface area contributed by atoms with Crippen LogP contribution in [0.2, 0.25) is 0 Å². The van der Waals surface area contributed by atoms with Crippen LogP contribution < -0.4 is 16.2 Å². The summed E-state index contributed by atoms with van der Waals surface area (Å²) >= 11 is 0. The predicted molar refractivity (Wildman–Crippen MR) is 44.8 cm³/mol. The van der Waals surface area contributed by atoms with Gasteiger partial charge in [-0.3, -0.25) is 15.0 Å². The Kier molecular flexibility index (Phi) is 3.27. The fourth-order valence-corrected chi connectivity index (χ4v) is 1.06. The van der Waals surface area contributed by atoms with Gasteiger partial charge in [0.1, 0.15) is 6.04 Å². The second-order valence-corrected chi connectivity index (χ2v) is 2.76. The van der Waals surface area contributed by atoms with Crippen LogP contribution in [0.3, 0.4) is 0 Å². The lowest BCUT2D eigenvalue weighted by molar-refractivity contribution is -0.126. The number of amides is 3. The lowest BCUT2D eigenvalue weighted by Gasteiger charge is -2.10. The smallest absolute Gasteiger partial charge is 0.425 e. The summed E-state index contributed by atoms with van der Waals surface area (Å²) in [5, 5.41) is 2.45. The molecule has 3 amide bonds. The normalized spacial score (nSPS) is 19.8. The molecule has 14 heavy (non-hydrogen) atoms. The van der Waals surface area contributed by atoms with E-state index in [4.69, 9.17) is 0 Å². The molecule has 0 bridgehead atoms. The van der Waals surface area contributed by atoms with Crippen molar-refractivity contribution in [3.63, 3.8) is 0 Å². The maximum Gasteiger partial charge on any atom is 0.425 e. The largest absolute Gasteiger partial charge is 0.452 e. The molecule has 1 saturated heterocycles. The van der Waals surface area contributed by atoms with Gasteiger partial charge in [0.25, 0.3) is 5.91 Å². The number of nitrogens with one attached hydrogen (secondary N) is 3. The molecule has 0 radical (unpaired) electrons. The highest BCUT2D eigenvalue weighted by Gasteiger charge is 2.27. The zero-order chi connectivity index (χ0) is 10.6. The van der Waals surface area contributed by atoms with Gasteiger partial charge < -0.3 is 10.1 Å². The highest BCUT2D eigenvalue weighted by molar-refractivity contribution is 5.91. The molecule has 1 aliphatic rings. The van der Waals surface area contributed by atoms with Gasteiger partial charge in [-0.1, -0.05) is 0 Å². The summed E-state index contributed by atoms with van der Waals surface area (Å²) in [5.74, 6) is -0.621. The van der Waals surface area contributed by atoms with Crippen molar-refractivity contribution in [1.29, 1.82) is 0 Å². The Morgan fingerprint density at radius 1 is 1.50 bits per heavy atom. The van der Waals surface area contributed by atoms with Crippen LogP contribution in [0.25, 0.3) is 0 Å². The summed E-state index contributed by atoms with van der Waals surface area (Å²) in [5.41, 5.74) is 4.13. The van der Waals surface area contributed by atoms with Crippen LogP contribution in [0.15, 0.2) is 0 Å². The van der Waals surface area contributed by atoms with Crippen molar-refractivity contribution in [1.82, 2.24) is 16.2 Å². The molecule has 1 fully saturated rings. The Morgan fingerprint density at radius 2 is 2.21 bits per heavy atom. The molecule has 7 nitrogen and oxygen atoms in total. The van der Waals surface area contributed by atoms with Gasteiger partial charge >= 0.3 is 6.09 Å². The fourth-order valence-electron chi connectivity index (χ4n) is 1.06. The van der Waals surface area contributed by atoms with Gasteiger partial charge in [0.05, 0.1) is 7.11 Å². The molecular formula is C7H11N3O4. The SMILES string of the molecule is COC(=O)NNC(=O)C1CCC(=O)N1. The first-order valence-electron chi connectivity index (χ1n) is 4.06. The lowest BCUT2D eigenvalue weighted by Crippen LogP contribution is -2.49. The highest BCUT2D eigenvalue weighted by atomic mass is 16.5. The third-order valence-electron chi connectivity index (χ3n) is 1.78. The maximum atomic E-state index is 11.2. The van der Waals surface area contributed by atoms with Crippen LogP contribution in [-0.4, -0.2) is 31.1 Å². The van der Waals surface area contributed by atoms with E-state index in [2.05, 4.69) is 15.5 Å². The second kappa shape index (κ2) is 4.45. The molecule has 78 valence electrons. The summed E-state index contributed by atoms with van der Waals surface area (Å²) in [4.78, 5) is 32.5. The number of ether oxygens (including phenoxy) is 1. The zero-order valence-electron chi connectivity index (χ0n) is 7.62. The topological polar surface area (TPSA) is 96.5 Å². The van der Waals surface area contributed by atoms with Gasteiger partial charge in [-0.15, -0.1) is 0 Å². The Labute approximate surface area is 80.1 Å². The second-order valence-electron chi connectivity index (χ2n) is 2.76. The molecule has 7 heteroatoms. The molecule has 0 spiro atoms. The number of hydrogen-bond donors (Lipinski definition) is 3. The molecular weight excluding hydrogens is 190 g/mol. The summed E-state index contributed by atoms with van der Waals surface area (Å²) in [7, 11) is 1.18. The molecule has 0 aliphatic carbocycles. The van der Waals surface area contributed by atoms with Crippen LogP contribution >= 0.6 is 0 Å². The van der Waals surface area contributed by atoms with E-state index in [1.807, 2.05) is 5.43 Å². The summed E-state index contributed by atoms with van der Waals surface area (Å²) in [6.45, 7) is 0. The summed E-state index contributed by atoms with van der Waals surface area (Å²) in [6, 6.07) is -0.570. The minimum Gasteiger partial charge on any atom is -0.452 e. The first kappa shape index (κ1) is 10.3. The van der Waals surface area contributed by atoms with Crippen molar-refractivity contribution < 1.29 is 19.1 Å². The summed E-state index contributed by atoms with van der Waals surface area (Å²) < 4.78 is 4.23. The third kappa shape index (κ3) is 2.61. The average Bonchev–Trinajstić information content (AvgIpc) is 2.60. The lowest BCUT2D eigenvalue weighted by atomic mass is 10.2. The van der Waals surface area contributed by atoms with E-state index >= 15 is 0 Å².